The smallest absolute Gasteiger partial charge is 0.326 e. The van der Waals surface area contributed by atoms with Crippen molar-refractivity contribution >= 4 is 21.7 Å². The fraction of sp³-hybridized carbons (Fsp3) is 0.429. The molecule has 0 saturated heterocycles. The van der Waals surface area contributed by atoms with Crippen LogP contribution in [0.3, 0.4) is 0 Å². The summed E-state index contributed by atoms with van der Waals surface area (Å²) >= 11 is 0. The molecule has 0 bridgehead atoms. The van der Waals surface area contributed by atoms with Gasteiger partial charge in [0.05, 0.1) is 0 Å². The molecule has 0 radical (unpaired) electrons. The second-order valence-corrected chi connectivity index (χ2v) is 7.38. The van der Waals surface area contributed by atoms with Crippen molar-refractivity contribution < 1.29 is 23.1 Å². The van der Waals surface area contributed by atoms with Gasteiger partial charge in [-0.15, -0.1) is 0 Å². The summed E-state index contributed by atoms with van der Waals surface area (Å²) in [6, 6.07) is 6.26. The number of sulfone groups is 1. The Labute approximate surface area is 123 Å². The number of carbonyl (C=O) groups excluding carboxylic acids is 1. The molecule has 1 heterocycles. The van der Waals surface area contributed by atoms with Crippen LogP contribution in [0.5, 0.6) is 0 Å². The Morgan fingerprint density at radius 1 is 1.29 bits per heavy atom. The van der Waals surface area contributed by atoms with Gasteiger partial charge in [0.1, 0.15) is 11.8 Å². The molecule has 0 aliphatic carbocycles. The van der Waals surface area contributed by atoms with Crippen molar-refractivity contribution in [3.05, 3.63) is 35.4 Å². The van der Waals surface area contributed by atoms with E-state index >= 15 is 0 Å². The van der Waals surface area contributed by atoms with E-state index in [1.807, 2.05) is 24.3 Å². The Hall–Kier alpha value is -1.89. The first-order valence-electron chi connectivity index (χ1n) is 6.63. The summed E-state index contributed by atoms with van der Waals surface area (Å²) in [5, 5.41) is 9.30. The van der Waals surface area contributed by atoms with Gasteiger partial charge in [-0.05, 0) is 11.1 Å². The zero-order valence-electron chi connectivity index (χ0n) is 11.7. The number of aliphatic carboxylic acids is 1. The molecule has 1 N–H and O–H groups in total. The molecular formula is C14H17NO5S. The molecule has 6 nitrogen and oxygen atoms in total. The summed E-state index contributed by atoms with van der Waals surface area (Å²) in [5.74, 6) is -2.55. The van der Waals surface area contributed by atoms with Crippen LogP contribution in [-0.4, -0.2) is 47.8 Å². The Kier molecular flexibility index (Phi) is 4.32. The Morgan fingerprint density at radius 2 is 1.90 bits per heavy atom. The molecular weight excluding hydrogens is 294 g/mol. The van der Waals surface area contributed by atoms with Gasteiger partial charge in [-0.2, -0.15) is 0 Å². The van der Waals surface area contributed by atoms with Crippen molar-refractivity contribution in [3.8, 4) is 0 Å². The number of nitrogens with zero attached hydrogens (tertiary/aromatic N) is 1. The van der Waals surface area contributed by atoms with Crippen LogP contribution in [0.2, 0.25) is 0 Å². The number of hydrogen-bond acceptors (Lipinski definition) is 4. The summed E-state index contributed by atoms with van der Waals surface area (Å²) in [4.78, 5) is 24.7. The van der Waals surface area contributed by atoms with Crippen LogP contribution in [0.4, 0.5) is 0 Å². The van der Waals surface area contributed by atoms with Gasteiger partial charge < -0.3 is 10.0 Å². The minimum Gasteiger partial charge on any atom is -0.480 e. The van der Waals surface area contributed by atoms with Crippen molar-refractivity contribution in [1.29, 1.82) is 0 Å². The summed E-state index contributed by atoms with van der Waals surface area (Å²) in [5.41, 5.74) is 1.74. The third-order valence-corrected chi connectivity index (χ3v) is 5.20. The third-order valence-electron chi connectivity index (χ3n) is 3.64. The lowest BCUT2D eigenvalue weighted by Gasteiger charge is -2.34. The largest absolute Gasteiger partial charge is 0.480 e. The predicted molar refractivity (Wildman–Crippen MR) is 76.4 cm³/mol. The van der Waals surface area contributed by atoms with Gasteiger partial charge in [-0.1, -0.05) is 31.2 Å². The zero-order valence-corrected chi connectivity index (χ0v) is 12.5. The molecule has 0 saturated carbocycles. The second kappa shape index (κ2) is 5.85. The van der Waals surface area contributed by atoms with Gasteiger partial charge in [0, 0.05) is 18.7 Å². The van der Waals surface area contributed by atoms with Crippen LogP contribution in [0.15, 0.2) is 24.3 Å². The highest BCUT2D eigenvalue weighted by molar-refractivity contribution is 7.92. The SMILES string of the molecule is CCS(=O)(=O)CC(=O)N1Cc2ccccc2CC1C(=O)O. The molecule has 1 amide bonds. The van der Waals surface area contributed by atoms with Gasteiger partial charge in [-0.3, -0.25) is 4.79 Å². The van der Waals surface area contributed by atoms with E-state index in [0.717, 1.165) is 16.0 Å². The van der Waals surface area contributed by atoms with E-state index in [1.54, 1.807) is 0 Å². The number of benzene rings is 1. The Bertz CT molecular complexity index is 668. The minimum absolute atomic E-state index is 0.130. The quantitative estimate of drug-likeness (QED) is 0.872. The van der Waals surface area contributed by atoms with Crippen LogP contribution in [0.25, 0.3) is 0 Å². The third kappa shape index (κ3) is 3.41. The molecule has 0 aromatic heterocycles. The lowest BCUT2D eigenvalue weighted by atomic mass is 9.94. The topological polar surface area (TPSA) is 91.8 Å². The summed E-state index contributed by atoms with van der Waals surface area (Å²) in [6.07, 6.45) is 0.198. The van der Waals surface area contributed by atoms with Crippen LogP contribution in [0, 0.1) is 0 Å². The summed E-state index contributed by atoms with van der Waals surface area (Å²) < 4.78 is 23.2. The van der Waals surface area contributed by atoms with Crippen molar-refractivity contribution in [1.82, 2.24) is 4.90 Å². The Morgan fingerprint density at radius 3 is 2.48 bits per heavy atom. The van der Waals surface area contributed by atoms with E-state index in [0.29, 0.717) is 0 Å². The zero-order chi connectivity index (χ0) is 15.6. The highest BCUT2D eigenvalue weighted by Gasteiger charge is 2.35. The monoisotopic (exact) mass is 311 g/mol. The maximum Gasteiger partial charge on any atom is 0.326 e. The van der Waals surface area contributed by atoms with E-state index in [1.165, 1.54) is 6.92 Å². The molecule has 1 aromatic rings. The fourth-order valence-electron chi connectivity index (χ4n) is 2.38. The molecule has 0 spiro atoms. The molecule has 21 heavy (non-hydrogen) atoms. The molecule has 0 fully saturated rings. The number of fused-ring (bicyclic) bond motifs is 1. The van der Waals surface area contributed by atoms with E-state index in [4.69, 9.17) is 0 Å². The van der Waals surface area contributed by atoms with Crippen molar-refractivity contribution in [2.24, 2.45) is 0 Å². The molecule has 1 aliphatic heterocycles. The lowest BCUT2D eigenvalue weighted by Crippen LogP contribution is -2.50. The van der Waals surface area contributed by atoms with Crippen molar-refractivity contribution in [2.45, 2.75) is 25.9 Å². The van der Waals surface area contributed by atoms with Crippen LogP contribution < -0.4 is 0 Å². The molecule has 7 heteroatoms. The highest BCUT2D eigenvalue weighted by Crippen LogP contribution is 2.23. The number of carbonyl (C=O) groups is 2. The first-order chi connectivity index (χ1) is 9.84. The van der Waals surface area contributed by atoms with Crippen molar-refractivity contribution in [2.75, 3.05) is 11.5 Å². The maximum absolute atomic E-state index is 12.2. The van der Waals surface area contributed by atoms with Gasteiger partial charge in [0.15, 0.2) is 9.84 Å². The van der Waals surface area contributed by atoms with E-state index < -0.39 is 33.5 Å². The first-order valence-corrected chi connectivity index (χ1v) is 8.45. The van der Waals surface area contributed by atoms with Gasteiger partial charge in [-0.25, -0.2) is 13.2 Å². The average molecular weight is 311 g/mol. The number of hydrogen-bond donors (Lipinski definition) is 1. The van der Waals surface area contributed by atoms with Crippen molar-refractivity contribution in [3.63, 3.8) is 0 Å². The lowest BCUT2D eigenvalue weighted by molar-refractivity contribution is -0.150. The predicted octanol–water partition coefficient (Wildman–Crippen LogP) is 0.459. The standard InChI is InChI=1S/C14H17NO5S/c1-2-21(19,20)9-13(16)15-8-11-6-4-3-5-10(11)7-12(15)14(17)18/h3-6,12H,2,7-9H2,1H3,(H,17,18). The minimum atomic E-state index is -3.48. The van der Waals surface area contributed by atoms with Gasteiger partial charge in [0.2, 0.25) is 5.91 Å². The van der Waals surface area contributed by atoms with Crippen LogP contribution in [0.1, 0.15) is 18.1 Å². The van der Waals surface area contributed by atoms with Gasteiger partial charge in [0.25, 0.3) is 0 Å². The van der Waals surface area contributed by atoms with Crippen LogP contribution in [-0.2, 0) is 32.4 Å². The molecule has 2 rings (SSSR count). The molecule has 1 aliphatic rings. The summed E-state index contributed by atoms with van der Waals surface area (Å²) in [6.45, 7) is 1.59. The van der Waals surface area contributed by atoms with E-state index in [2.05, 4.69) is 0 Å². The highest BCUT2D eigenvalue weighted by atomic mass is 32.2. The fourth-order valence-corrected chi connectivity index (χ4v) is 3.13. The molecule has 1 aromatic carbocycles. The van der Waals surface area contributed by atoms with E-state index in [9.17, 15) is 23.1 Å². The van der Waals surface area contributed by atoms with E-state index in [-0.39, 0.29) is 18.7 Å². The number of carboxylic acid groups (broad SMARTS) is 1. The van der Waals surface area contributed by atoms with Gasteiger partial charge >= 0.3 is 5.97 Å². The molecule has 1 atom stereocenters. The maximum atomic E-state index is 12.2. The second-order valence-electron chi connectivity index (χ2n) is 5.03. The molecule has 114 valence electrons. The first kappa shape index (κ1) is 15.5. The number of rotatable bonds is 4. The summed E-state index contributed by atoms with van der Waals surface area (Å²) in [7, 11) is -3.48. The van der Waals surface area contributed by atoms with Crippen LogP contribution >= 0.6 is 0 Å². The Balaban J connectivity index is 2.29. The number of amides is 1. The average Bonchev–Trinajstić information content (AvgIpc) is 2.45. The number of carboxylic acids is 1. The normalized spacial score (nSPS) is 18.1. The molecule has 1 unspecified atom stereocenters.